The molecule has 1 aliphatic rings. The number of hydrogen-bond donors (Lipinski definition) is 1. The van der Waals surface area contributed by atoms with Gasteiger partial charge in [0.15, 0.2) is 5.13 Å². The van der Waals surface area contributed by atoms with Crippen molar-refractivity contribution in [2.24, 2.45) is 5.92 Å². The second-order valence-electron chi connectivity index (χ2n) is 11.1. The van der Waals surface area contributed by atoms with Gasteiger partial charge in [0, 0.05) is 11.8 Å². The lowest BCUT2D eigenvalue weighted by molar-refractivity contribution is -0.132. The number of carbonyl (C=O) groups is 2. The fraction of sp³-hybridized carbons (Fsp3) is 0.290. The number of pyridine rings is 1. The number of aromatic nitrogens is 2. The number of Topliss-reactive ketones (excluding diaryl/α,β-unsaturated/α-hetero) is 1. The van der Waals surface area contributed by atoms with Crippen LogP contribution in [0.25, 0.3) is 16.0 Å². The Labute approximate surface area is 231 Å². The van der Waals surface area contributed by atoms with E-state index in [1.165, 1.54) is 16.2 Å². The molecule has 7 nitrogen and oxygen atoms in total. The van der Waals surface area contributed by atoms with Gasteiger partial charge in [-0.3, -0.25) is 19.5 Å². The molecular formula is C31H31N3O4S. The van der Waals surface area contributed by atoms with E-state index >= 15 is 0 Å². The molecule has 2 aromatic heterocycles. The fourth-order valence-electron chi connectivity index (χ4n) is 4.46. The third kappa shape index (κ3) is 5.16. The van der Waals surface area contributed by atoms with E-state index in [9.17, 15) is 14.7 Å². The summed E-state index contributed by atoms with van der Waals surface area (Å²) in [6.45, 7) is 11.1. The van der Waals surface area contributed by atoms with Crippen molar-refractivity contribution in [3.05, 3.63) is 89.3 Å². The number of benzene rings is 2. The Morgan fingerprint density at radius 1 is 1.08 bits per heavy atom. The molecule has 0 saturated carbocycles. The van der Waals surface area contributed by atoms with Crippen molar-refractivity contribution in [2.75, 3.05) is 11.5 Å². The molecule has 3 heterocycles. The summed E-state index contributed by atoms with van der Waals surface area (Å²) in [5.41, 5.74) is 2.68. The standard InChI is InChI=1S/C31H31N3O4S/c1-18(2)17-38-21-12-9-19(10-13-21)27(35)25-26(23-8-6-7-15-32-23)34(29(37)28(25)36)30-33-22-14-11-20(31(3,4)5)16-24(22)39-30/h6-16,18,26,35H,17H2,1-5H3/b27-25+. The van der Waals surface area contributed by atoms with Gasteiger partial charge in [-0.15, -0.1) is 0 Å². The zero-order valence-corrected chi connectivity index (χ0v) is 23.5. The molecule has 39 heavy (non-hydrogen) atoms. The molecule has 0 aliphatic carbocycles. The van der Waals surface area contributed by atoms with Crippen LogP contribution < -0.4 is 9.64 Å². The molecule has 1 aliphatic heterocycles. The van der Waals surface area contributed by atoms with Gasteiger partial charge in [0.05, 0.1) is 28.1 Å². The molecule has 200 valence electrons. The van der Waals surface area contributed by atoms with E-state index in [0.717, 1.165) is 15.8 Å². The number of carbonyl (C=O) groups excluding carboxylic acids is 2. The number of hydrogen-bond acceptors (Lipinski definition) is 7. The highest BCUT2D eigenvalue weighted by Crippen LogP contribution is 2.44. The number of ketones is 1. The Kier molecular flexibility index (Phi) is 6.99. The number of ether oxygens (including phenoxy) is 1. The third-order valence-electron chi connectivity index (χ3n) is 6.57. The van der Waals surface area contributed by atoms with Gasteiger partial charge >= 0.3 is 5.91 Å². The molecule has 5 rings (SSSR count). The van der Waals surface area contributed by atoms with Crippen molar-refractivity contribution in [2.45, 2.75) is 46.1 Å². The maximum atomic E-state index is 13.5. The van der Waals surface area contributed by atoms with Crippen LogP contribution in [0.1, 0.15) is 57.5 Å². The predicted octanol–water partition coefficient (Wildman–Crippen LogP) is 6.65. The van der Waals surface area contributed by atoms with Crippen LogP contribution in [0.5, 0.6) is 5.75 Å². The van der Waals surface area contributed by atoms with Crippen LogP contribution in [-0.4, -0.2) is 33.4 Å². The van der Waals surface area contributed by atoms with E-state index in [4.69, 9.17) is 9.72 Å². The third-order valence-corrected chi connectivity index (χ3v) is 7.59. The number of fused-ring (bicyclic) bond motifs is 1. The summed E-state index contributed by atoms with van der Waals surface area (Å²) in [4.78, 5) is 37.5. The second kappa shape index (κ2) is 10.3. The number of anilines is 1. The molecule has 0 bridgehead atoms. The zero-order valence-electron chi connectivity index (χ0n) is 22.6. The first-order valence-electron chi connectivity index (χ1n) is 12.9. The average Bonchev–Trinajstić information content (AvgIpc) is 3.45. The molecule has 0 radical (unpaired) electrons. The summed E-state index contributed by atoms with van der Waals surface area (Å²) >= 11 is 1.34. The predicted molar refractivity (Wildman–Crippen MR) is 154 cm³/mol. The van der Waals surface area contributed by atoms with Crippen LogP contribution in [0, 0.1) is 5.92 Å². The Bertz CT molecular complexity index is 1570. The number of thiazole rings is 1. The Morgan fingerprint density at radius 3 is 2.46 bits per heavy atom. The van der Waals surface area contributed by atoms with Crippen molar-refractivity contribution in [3.8, 4) is 5.75 Å². The minimum absolute atomic E-state index is 0.0239. The molecule has 1 amide bonds. The van der Waals surface area contributed by atoms with Gasteiger partial charge in [0.25, 0.3) is 5.78 Å². The molecule has 1 N–H and O–H groups in total. The highest BCUT2D eigenvalue weighted by atomic mass is 32.1. The lowest BCUT2D eigenvalue weighted by Crippen LogP contribution is -2.29. The van der Waals surface area contributed by atoms with E-state index in [2.05, 4.69) is 45.7 Å². The molecule has 4 aromatic rings. The lowest BCUT2D eigenvalue weighted by atomic mass is 9.87. The monoisotopic (exact) mass is 541 g/mol. The fourth-order valence-corrected chi connectivity index (χ4v) is 5.49. The Morgan fingerprint density at radius 2 is 1.82 bits per heavy atom. The molecule has 1 fully saturated rings. The van der Waals surface area contributed by atoms with E-state index in [1.54, 1.807) is 48.7 Å². The number of aliphatic hydroxyl groups excluding tert-OH is 1. The minimum Gasteiger partial charge on any atom is -0.507 e. The maximum absolute atomic E-state index is 13.5. The van der Waals surface area contributed by atoms with Crippen molar-refractivity contribution < 1.29 is 19.4 Å². The zero-order chi connectivity index (χ0) is 27.9. The molecular weight excluding hydrogens is 510 g/mol. The van der Waals surface area contributed by atoms with Crippen molar-refractivity contribution in [1.82, 2.24) is 9.97 Å². The van der Waals surface area contributed by atoms with E-state index in [0.29, 0.717) is 34.7 Å². The van der Waals surface area contributed by atoms with Crippen LogP contribution in [0.15, 0.2) is 72.4 Å². The summed E-state index contributed by atoms with van der Waals surface area (Å²) in [6.07, 6.45) is 1.60. The van der Waals surface area contributed by atoms with Gasteiger partial charge in [0.2, 0.25) is 0 Å². The van der Waals surface area contributed by atoms with Gasteiger partial charge in [-0.1, -0.05) is 58.1 Å². The summed E-state index contributed by atoms with van der Waals surface area (Å²) in [6, 6.07) is 17.2. The van der Waals surface area contributed by atoms with Crippen LogP contribution in [-0.2, 0) is 15.0 Å². The average molecular weight is 542 g/mol. The first kappa shape index (κ1) is 26.6. The van der Waals surface area contributed by atoms with Gasteiger partial charge in [-0.25, -0.2) is 4.98 Å². The topological polar surface area (TPSA) is 92.6 Å². The summed E-state index contributed by atoms with van der Waals surface area (Å²) in [7, 11) is 0. The highest BCUT2D eigenvalue weighted by molar-refractivity contribution is 7.22. The van der Waals surface area contributed by atoms with E-state index in [1.807, 2.05) is 12.1 Å². The SMILES string of the molecule is CC(C)COc1ccc(/C(O)=C2\C(=O)C(=O)N(c3nc4ccc(C(C)(C)C)cc4s3)C2c2ccccn2)cc1. The molecule has 1 saturated heterocycles. The molecule has 0 spiro atoms. The van der Waals surface area contributed by atoms with E-state index < -0.39 is 17.7 Å². The molecule has 2 aromatic carbocycles. The minimum atomic E-state index is -0.925. The highest BCUT2D eigenvalue weighted by Gasteiger charge is 2.48. The smallest absolute Gasteiger partial charge is 0.301 e. The van der Waals surface area contributed by atoms with Crippen LogP contribution in [0.2, 0.25) is 0 Å². The Balaban J connectivity index is 1.60. The van der Waals surface area contributed by atoms with Crippen molar-refractivity contribution in [1.29, 1.82) is 0 Å². The first-order valence-corrected chi connectivity index (χ1v) is 13.7. The van der Waals surface area contributed by atoms with Crippen LogP contribution in [0.3, 0.4) is 0 Å². The molecule has 8 heteroatoms. The van der Waals surface area contributed by atoms with Gasteiger partial charge < -0.3 is 9.84 Å². The quantitative estimate of drug-likeness (QED) is 0.167. The number of amides is 1. The van der Waals surface area contributed by atoms with Gasteiger partial charge in [0.1, 0.15) is 17.6 Å². The maximum Gasteiger partial charge on any atom is 0.301 e. The van der Waals surface area contributed by atoms with Gasteiger partial charge in [-0.05, 0) is 65.4 Å². The largest absolute Gasteiger partial charge is 0.507 e. The van der Waals surface area contributed by atoms with Crippen LogP contribution >= 0.6 is 11.3 Å². The van der Waals surface area contributed by atoms with E-state index in [-0.39, 0.29) is 16.7 Å². The van der Waals surface area contributed by atoms with Crippen LogP contribution in [0.4, 0.5) is 5.13 Å². The summed E-state index contributed by atoms with van der Waals surface area (Å²) in [5, 5.41) is 11.8. The van der Waals surface area contributed by atoms with Crippen molar-refractivity contribution >= 4 is 44.1 Å². The molecule has 1 unspecified atom stereocenters. The summed E-state index contributed by atoms with van der Waals surface area (Å²) < 4.78 is 6.66. The summed E-state index contributed by atoms with van der Waals surface area (Å²) in [5.74, 6) is -0.767. The number of nitrogens with zero attached hydrogens (tertiary/aromatic N) is 3. The van der Waals surface area contributed by atoms with Gasteiger partial charge in [-0.2, -0.15) is 0 Å². The second-order valence-corrected chi connectivity index (χ2v) is 12.1. The first-order chi connectivity index (χ1) is 18.5. The lowest BCUT2D eigenvalue weighted by Gasteiger charge is -2.22. The number of rotatable bonds is 6. The number of aliphatic hydroxyl groups is 1. The van der Waals surface area contributed by atoms with Crippen molar-refractivity contribution in [3.63, 3.8) is 0 Å². The molecule has 1 atom stereocenters. The Hall–Kier alpha value is -4.04. The normalized spacial score (nSPS) is 17.4.